The number of hydrogen-bond acceptors (Lipinski definition) is 2. The summed E-state index contributed by atoms with van der Waals surface area (Å²) in [7, 11) is 0. The van der Waals surface area contributed by atoms with E-state index in [1.165, 1.54) is 0 Å². The number of nitrogens with one attached hydrogen (secondary N) is 1. The van der Waals surface area contributed by atoms with Gasteiger partial charge in [0.25, 0.3) is 5.11 Å². The first-order valence-corrected chi connectivity index (χ1v) is 2.95. The third kappa shape index (κ3) is 11.6. The van der Waals surface area contributed by atoms with Crippen molar-refractivity contribution in [3.05, 3.63) is 0 Å². The average Bonchev–Trinajstić information content (AvgIpc) is 1.65. The lowest BCUT2D eigenvalue weighted by molar-refractivity contribution is -0.215. The van der Waals surface area contributed by atoms with Gasteiger partial charge in [0.05, 0.1) is 6.17 Å². The van der Waals surface area contributed by atoms with Crippen LogP contribution < -0.4 is 33.8 Å². The lowest BCUT2D eigenvalue weighted by Gasteiger charge is -2.06. The van der Waals surface area contributed by atoms with E-state index in [9.17, 15) is 0 Å². The fourth-order valence-corrected chi connectivity index (χ4v) is 0.460. The third-order valence-electron chi connectivity index (χ3n) is 0.786. The van der Waals surface area contributed by atoms with Gasteiger partial charge in [-0.3, -0.25) is 0 Å². The molecule has 0 aromatic carbocycles. The molecule has 0 aromatic heterocycles. The second kappa shape index (κ2) is 9.77. The molecule has 0 rings (SSSR count). The van der Waals surface area contributed by atoms with Crippen molar-refractivity contribution >= 4 is 34.3 Å². The molecule has 0 fully saturated rings. The molecule has 6 N–H and O–H groups in total. The summed E-state index contributed by atoms with van der Waals surface area (Å²) in [6, 6.07) is 0. The highest BCUT2D eigenvalue weighted by molar-refractivity contribution is 8.93. The minimum atomic E-state index is -0.0278. The lowest BCUT2D eigenvalue weighted by Crippen LogP contribution is -3.00. The van der Waals surface area contributed by atoms with Crippen molar-refractivity contribution in [2.24, 2.45) is 5.73 Å². The van der Waals surface area contributed by atoms with Gasteiger partial charge >= 0.3 is 0 Å². The Morgan fingerprint density at radius 3 is 2.30 bits per heavy atom. The molecular formula is C4H13Br2N3S. The van der Waals surface area contributed by atoms with E-state index in [4.69, 9.17) is 5.73 Å². The van der Waals surface area contributed by atoms with Crippen LogP contribution in [0, 0.1) is 0 Å². The normalized spacial score (nSPS) is 10.3. The second-order valence-corrected chi connectivity index (χ2v) is 2.08. The van der Waals surface area contributed by atoms with Gasteiger partial charge in [-0.2, -0.15) is 0 Å². The van der Waals surface area contributed by atoms with E-state index in [2.05, 4.69) is 23.3 Å². The van der Waals surface area contributed by atoms with Crippen LogP contribution in [0.3, 0.4) is 0 Å². The Kier molecular flexibility index (Phi) is 16.6. The van der Waals surface area contributed by atoms with Crippen LogP contribution in [0.25, 0.3) is 0 Å². The maximum atomic E-state index is 5.44. The van der Waals surface area contributed by atoms with Crippen molar-refractivity contribution in [2.45, 2.75) is 19.5 Å². The highest BCUT2D eigenvalue weighted by Crippen LogP contribution is 1.76. The number of halogens is 2. The van der Waals surface area contributed by atoms with Gasteiger partial charge in [-0.25, -0.2) is 0 Å². The van der Waals surface area contributed by atoms with E-state index in [0.717, 1.165) is 6.42 Å². The smallest absolute Gasteiger partial charge is 0.266 e. The minimum Gasteiger partial charge on any atom is -1.00 e. The van der Waals surface area contributed by atoms with Crippen LogP contribution >= 0.6 is 29.2 Å². The standard InChI is InChI=1S/C4H11N3S.2BrH/c1-2-3(5)7-4(6)8;;/h3H,2,5H2,1H3,(H3,6,7,8);2*1H. The molecule has 0 aliphatic carbocycles. The van der Waals surface area contributed by atoms with Crippen LogP contribution in [0.4, 0.5) is 0 Å². The van der Waals surface area contributed by atoms with Crippen LogP contribution in [0.15, 0.2) is 0 Å². The molecule has 0 heterocycles. The highest BCUT2D eigenvalue weighted by atomic mass is 79.9. The Bertz CT molecular complexity index is 90.6. The molecule has 0 saturated carbocycles. The quantitative estimate of drug-likeness (QED) is 0.364. The molecule has 0 aliphatic rings. The first-order chi connectivity index (χ1) is 3.66. The van der Waals surface area contributed by atoms with Crippen LogP contribution in [-0.2, 0) is 0 Å². The molecule has 0 amide bonds. The van der Waals surface area contributed by atoms with E-state index in [1.54, 1.807) is 0 Å². The van der Waals surface area contributed by atoms with Gasteiger partial charge in [0.2, 0.25) is 0 Å². The van der Waals surface area contributed by atoms with Crippen LogP contribution in [0.2, 0.25) is 0 Å². The number of thiocarbonyl (C=S) groups is 1. The Morgan fingerprint density at radius 2 is 2.20 bits per heavy atom. The Hall–Kier alpha value is 0.770. The first-order valence-electron chi connectivity index (χ1n) is 2.55. The summed E-state index contributed by atoms with van der Waals surface area (Å²) >= 11 is 4.64. The topological polar surface area (TPSA) is 65.7 Å². The predicted molar refractivity (Wildman–Crippen MR) is 47.2 cm³/mol. The van der Waals surface area contributed by atoms with Gasteiger partial charge in [0.15, 0.2) is 0 Å². The molecule has 1 atom stereocenters. The van der Waals surface area contributed by atoms with E-state index < -0.39 is 0 Å². The highest BCUT2D eigenvalue weighted by Gasteiger charge is 1.97. The molecule has 64 valence electrons. The van der Waals surface area contributed by atoms with Gasteiger partial charge in [0.1, 0.15) is 0 Å². The van der Waals surface area contributed by atoms with E-state index in [-0.39, 0.29) is 40.1 Å². The number of quaternary nitrogens is 1. The van der Waals surface area contributed by atoms with Crippen molar-refractivity contribution in [1.29, 1.82) is 0 Å². The summed E-state index contributed by atoms with van der Waals surface area (Å²) in [6.07, 6.45) is 0.843. The molecule has 3 nitrogen and oxygen atoms in total. The molecule has 6 heteroatoms. The number of nitrogens with two attached hydrogens (primary N) is 1. The fraction of sp³-hybridized carbons (Fsp3) is 0.750. The molecule has 1 unspecified atom stereocenters. The zero-order chi connectivity index (χ0) is 6.57. The summed E-state index contributed by atoms with van der Waals surface area (Å²) < 4.78 is 0. The van der Waals surface area contributed by atoms with Crippen LogP contribution in [0.5, 0.6) is 0 Å². The molecule has 10 heavy (non-hydrogen) atoms. The summed E-state index contributed by atoms with van der Waals surface area (Å²) in [5, 5.41) is 3.30. The molecule has 0 spiro atoms. The first kappa shape index (κ1) is 17.0. The Labute approximate surface area is 87.4 Å². The monoisotopic (exact) mass is 293 g/mol. The van der Waals surface area contributed by atoms with Crippen molar-refractivity contribution in [1.82, 2.24) is 5.32 Å². The summed E-state index contributed by atoms with van der Waals surface area (Å²) in [5.41, 5.74) is 8.90. The Morgan fingerprint density at radius 1 is 1.80 bits per heavy atom. The fourth-order valence-electron chi connectivity index (χ4n) is 0.309. The Balaban J connectivity index is -0.000000245. The maximum absolute atomic E-state index is 5.44. The molecule has 0 aliphatic heterocycles. The summed E-state index contributed by atoms with van der Waals surface area (Å²) in [4.78, 5) is 0. The van der Waals surface area contributed by atoms with Gasteiger partial charge < -0.3 is 33.8 Å². The van der Waals surface area contributed by atoms with Gasteiger partial charge in [-0.1, -0.05) is 6.92 Å². The zero-order valence-electron chi connectivity index (χ0n) is 5.76. The van der Waals surface area contributed by atoms with Crippen LogP contribution in [-0.4, -0.2) is 11.3 Å². The number of hydrogen-bond donors (Lipinski definition) is 3. The van der Waals surface area contributed by atoms with Crippen molar-refractivity contribution in [3.63, 3.8) is 0 Å². The molecule has 0 radical (unpaired) electrons. The van der Waals surface area contributed by atoms with E-state index in [1.807, 2.05) is 6.92 Å². The lowest BCUT2D eigenvalue weighted by atomic mass is 10.4. The molecule has 0 bridgehead atoms. The van der Waals surface area contributed by atoms with Crippen molar-refractivity contribution in [3.8, 4) is 0 Å². The number of rotatable bonds is 2. The third-order valence-corrected chi connectivity index (χ3v) is 0.904. The van der Waals surface area contributed by atoms with Gasteiger partial charge in [-0.05, 0) is 6.42 Å². The minimum absolute atomic E-state index is 0. The van der Waals surface area contributed by atoms with Gasteiger partial charge in [-0.15, -0.1) is 17.0 Å². The zero-order valence-corrected chi connectivity index (χ0v) is 9.88. The summed E-state index contributed by atoms with van der Waals surface area (Å²) in [5.74, 6) is 0. The second-order valence-electron chi connectivity index (χ2n) is 1.58. The molecule has 0 aromatic rings. The van der Waals surface area contributed by atoms with Crippen molar-refractivity contribution < 1.29 is 22.7 Å². The molecular weight excluding hydrogens is 282 g/mol. The SMILES string of the molecule is Br.CCC(N)NC([NH3+])=S.[Br-]. The summed E-state index contributed by atoms with van der Waals surface area (Å²) in [6.45, 7) is 1.98. The van der Waals surface area contributed by atoms with E-state index >= 15 is 0 Å². The van der Waals surface area contributed by atoms with E-state index in [0.29, 0.717) is 5.11 Å². The molecule has 0 saturated heterocycles. The van der Waals surface area contributed by atoms with Crippen molar-refractivity contribution in [2.75, 3.05) is 0 Å². The van der Waals surface area contributed by atoms with Crippen LogP contribution in [0.1, 0.15) is 13.3 Å². The van der Waals surface area contributed by atoms with Gasteiger partial charge in [0, 0.05) is 12.2 Å². The predicted octanol–water partition coefficient (Wildman–Crippen LogP) is -3.62. The average molecular weight is 295 g/mol. The maximum Gasteiger partial charge on any atom is 0.266 e. The largest absolute Gasteiger partial charge is 1.00 e.